The number of rotatable bonds is 9. The van der Waals surface area contributed by atoms with Crippen LogP contribution in [0.3, 0.4) is 0 Å². The number of aliphatic imine (C=N–C) groups is 1. The average molecular weight is 541 g/mol. The summed E-state index contributed by atoms with van der Waals surface area (Å²) in [5.74, 6) is 1.14. The Morgan fingerprint density at radius 2 is 2.02 bits per heavy atom. The number of carbonyl (C=O) groups excluding carboxylic acids is 1. The van der Waals surface area contributed by atoms with Gasteiger partial charge in [-0.25, -0.2) is 4.99 Å². The van der Waals surface area contributed by atoms with Crippen molar-refractivity contribution >= 4 is 23.1 Å². The molecule has 2 atom stereocenters. The van der Waals surface area contributed by atoms with Crippen molar-refractivity contribution in [2.24, 2.45) is 16.6 Å². The van der Waals surface area contributed by atoms with Gasteiger partial charge in [-0.15, -0.1) is 0 Å². The number of carbonyl (C=O) groups is 1. The summed E-state index contributed by atoms with van der Waals surface area (Å²) < 4.78 is 0. The molecule has 0 bridgehead atoms. The van der Waals surface area contributed by atoms with E-state index in [1.165, 1.54) is 11.1 Å². The van der Waals surface area contributed by atoms with E-state index in [9.17, 15) is 4.79 Å². The smallest absolute Gasteiger partial charge is 0.274 e. The predicted molar refractivity (Wildman–Crippen MR) is 166 cm³/mol. The topological polar surface area (TPSA) is 95.6 Å². The summed E-state index contributed by atoms with van der Waals surface area (Å²) in [6, 6.07) is 12.0. The van der Waals surface area contributed by atoms with Crippen molar-refractivity contribution in [1.29, 1.82) is 0 Å². The number of nitrogens with two attached hydrogens (primary N) is 1. The van der Waals surface area contributed by atoms with Gasteiger partial charge in [0.1, 0.15) is 11.5 Å². The van der Waals surface area contributed by atoms with E-state index in [2.05, 4.69) is 61.2 Å². The number of aromatic nitrogens is 1. The quantitative estimate of drug-likeness (QED) is 0.348. The largest absolute Gasteiger partial charge is 0.339 e. The second-order valence-electron chi connectivity index (χ2n) is 11.1. The van der Waals surface area contributed by atoms with Gasteiger partial charge in [0, 0.05) is 48.5 Å². The number of nitrogens with one attached hydrogen (secondary N) is 2. The number of piperidine rings is 1. The predicted octanol–water partition coefficient (Wildman–Crippen LogP) is 6.28. The molecule has 7 heteroatoms. The highest BCUT2D eigenvalue weighted by Gasteiger charge is 2.21. The lowest BCUT2D eigenvalue weighted by molar-refractivity contribution is 0.102. The molecule has 1 aromatic carbocycles. The lowest BCUT2D eigenvalue weighted by atomic mass is 9.94. The minimum Gasteiger partial charge on any atom is -0.339 e. The molecule has 40 heavy (non-hydrogen) atoms. The summed E-state index contributed by atoms with van der Waals surface area (Å²) in [4.78, 5) is 24.4. The fourth-order valence-electron chi connectivity index (χ4n) is 4.96. The highest BCUT2D eigenvalue weighted by Crippen LogP contribution is 2.28. The Kier molecular flexibility index (Phi) is 10.1. The lowest BCUT2D eigenvalue weighted by Gasteiger charge is -2.30. The van der Waals surface area contributed by atoms with Crippen molar-refractivity contribution in [3.05, 3.63) is 88.4 Å². The Morgan fingerprint density at radius 3 is 2.73 bits per heavy atom. The van der Waals surface area contributed by atoms with Crippen LogP contribution in [0.4, 0.5) is 5.69 Å². The van der Waals surface area contributed by atoms with Crippen LogP contribution >= 0.6 is 0 Å². The lowest BCUT2D eigenvalue weighted by Crippen LogP contribution is -2.42. The number of amides is 1. The van der Waals surface area contributed by atoms with Crippen LogP contribution in [-0.4, -0.2) is 40.8 Å². The summed E-state index contributed by atoms with van der Waals surface area (Å²) in [5.41, 5.74) is 14.1. The summed E-state index contributed by atoms with van der Waals surface area (Å²) >= 11 is 0. The van der Waals surface area contributed by atoms with E-state index in [1.807, 2.05) is 42.6 Å². The zero-order valence-corrected chi connectivity index (χ0v) is 24.6. The number of allylic oxidation sites excluding steroid dienone is 2. The van der Waals surface area contributed by atoms with Gasteiger partial charge in [-0.2, -0.15) is 0 Å². The molecule has 1 amide bonds. The molecule has 2 aliphatic heterocycles. The Hall–Kier alpha value is -3.55. The molecule has 7 nitrogen and oxygen atoms in total. The Balaban J connectivity index is 1.46. The van der Waals surface area contributed by atoms with Crippen molar-refractivity contribution in [2.75, 3.05) is 18.4 Å². The second kappa shape index (κ2) is 13.7. The average Bonchev–Trinajstić information content (AvgIpc) is 3.39. The molecule has 0 radical (unpaired) electrons. The van der Waals surface area contributed by atoms with Crippen molar-refractivity contribution in [2.45, 2.75) is 72.9 Å². The van der Waals surface area contributed by atoms with E-state index < -0.39 is 0 Å². The van der Waals surface area contributed by atoms with E-state index >= 15 is 0 Å². The number of amidine groups is 1. The third kappa shape index (κ3) is 7.55. The number of nitrogens with zero attached hydrogens (tertiary/aromatic N) is 3. The van der Waals surface area contributed by atoms with Gasteiger partial charge in [0.05, 0.1) is 0 Å². The van der Waals surface area contributed by atoms with Gasteiger partial charge in [-0.1, -0.05) is 44.1 Å². The zero-order valence-electron chi connectivity index (χ0n) is 24.6. The fraction of sp³-hybridized carbons (Fsp3) is 0.424. The monoisotopic (exact) mass is 540 g/mol. The van der Waals surface area contributed by atoms with E-state index in [-0.39, 0.29) is 11.9 Å². The van der Waals surface area contributed by atoms with E-state index in [1.54, 1.807) is 6.20 Å². The SMILES string of the molecule is CCC(C)=CN=C1NC(c2ccc(NC(=O)c3cc(CN4CCCC(N)C4)ccn3)cc2)=C/C1=C(/C)C(C)CC. The molecule has 1 saturated heterocycles. The first-order valence-electron chi connectivity index (χ1n) is 14.5. The van der Waals surface area contributed by atoms with Crippen LogP contribution in [0.2, 0.25) is 0 Å². The molecule has 2 aromatic rings. The standard InChI is InChI=1S/C33H44N6O/c1-6-22(3)19-36-32-29(24(5)23(4)7-2)18-30(38-32)26-10-12-28(13-11-26)37-33(40)31-17-25(14-15-35-31)20-39-16-8-9-27(34)21-39/h10-15,17-19,23,27H,6-9,16,20-21,34H2,1-5H3,(H,36,38)(H,37,40)/b22-19?,29-24+. The van der Waals surface area contributed by atoms with Crippen LogP contribution in [0.25, 0.3) is 5.70 Å². The first kappa shape index (κ1) is 29.4. The maximum atomic E-state index is 13.0. The second-order valence-corrected chi connectivity index (χ2v) is 11.1. The van der Waals surface area contributed by atoms with E-state index in [0.717, 1.165) is 79.2 Å². The third-order valence-corrected chi connectivity index (χ3v) is 8.00. The minimum atomic E-state index is -0.218. The number of hydrogen-bond donors (Lipinski definition) is 3. The molecule has 2 aliphatic rings. The van der Waals surface area contributed by atoms with Crippen LogP contribution in [0.15, 0.2) is 76.6 Å². The maximum Gasteiger partial charge on any atom is 0.274 e. The molecular formula is C33H44N6O. The Morgan fingerprint density at radius 1 is 1.25 bits per heavy atom. The van der Waals surface area contributed by atoms with Gasteiger partial charge in [-0.3, -0.25) is 14.7 Å². The van der Waals surface area contributed by atoms with Gasteiger partial charge in [0.25, 0.3) is 5.91 Å². The molecular weight excluding hydrogens is 496 g/mol. The third-order valence-electron chi connectivity index (χ3n) is 8.00. The molecule has 4 N–H and O–H groups in total. The highest BCUT2D eigenvalue weighted by molar-refractivity contribution is 6.12. The Bertz CT molecular complexity index is 1320. The summed E-state index contributed by atoms with van der Waals surface area (Å²) in [6.45, 7) is 13.6. The molecule has 2 unspecified atom stereocenters. The normalized spacial score (nSPS) is 21.1. The van der Waals surface area contributed by atoms with Crippen molar-refractivity contribution in [3.63, 3.8) is 0 Å². The van der Waals surface area contributed by atoms with Gasteiger partial charge < -0.3 is 16.4 Å². The maximum absolute atomic E-state index is 13.0. The van der Waals surface area contributed by atoms with Crippen molar-refractivity contribution < 1.29 is 4.79 Å². The highest BCUT2D eigenvalue weighted by atomic mass is 16.1. The first-order valence-corrected chi connectivity index (χ1v) is 14.5. The van der Waals surface area contributed by atoms with Gasteiger partial charge >= 0.3 is 0 Å². The molecule has 0 aliphatic carbocycles. The van der Waals surface area contributed by atoms with E-state index in [0.29, 0.717) is 11.6 Å². The molecule has 3 heterocycles. The summed E-state index contributed by atoms with van der Waals surface area (Å²) in [7, 11) is 0. The summed E-state index contributed by atoms with van der Waals surface area (Å²) in [5, 5.41) is 6.52. The molecule has 4 rings (SSSR count). The van der Waals surface area contributed by atoms with Crippen LogP contribution in [0.1, 0.15) is 81.9 Å². The van der Waals surface area contributed by atoms with Gasteiger partial charge in [-0.05, 0) is 93.5 Å². The first-order chi connectivity index (χ1) is 19.3. The molecule has 1 aromatic heterocycles. The number of likely N-dealkylation sites (tertiary alicyclic amines) is 1. The number of benzene rings is 1. The number of pyridine rings is 1. The number of anilines is 1. The molecule has 1 fully saturated rings. The van der Waals surface area contributed by atoms with Gasteiger partial charge in [0.15, 0.2) is 0 Å². The van der Waals surface area contributed by atoms with Crippen LogP contribution in [0, 0.1) is 5.92 Å². The van der Waals surface area contributed by atoms with Crippen molar-refractivity contribution in [1.82, 2.24) is 15.2 Å². The van der Waals surface area contributed by atoms with Crippen LogP contribution < -0.4 is 16.4 Å². The fourth-order valence-corrected chi connectivity index (χ4v) is 4.96. The minimum absolute atomic E-state index is 0.218. The Labute approximate surface area is 239 Å². The zero-order chi connectivity index (χ0) is 28.6. The molecule has 0 spiro atoms. The van der Waals surface area contributed by atoms with Crippen molar-refractivity contribution in [3.8, 4) is 0 Å². The van der Waals surface area contributed by atoms with Crippen LogP contribution in [0.5, 0.6) is 0 Å². The van der Waals surface area contributed by atoms with E-state index in [4.69, 9.17) is 10.7 Å². The molecule has 212 valence electrons. The summed E-state index contributed by atoms with van der Waals surface area (Å²) in [6.07, 6.45) is 10.1. The number of hydrogen-bond acceptors (Lipinski definition) is 5. The van der Waals surface area contributed by atoms with Gasteiger partial charge in [0.2, 0.25) is 0 Å². The molecule has 0 saturated carbocycles. The van der Waals surface area contributed by atoms with Crippen LogP contribution in [-0.2, 0) is 6.54 Å².